The van der Waals surface area contributed by atoms with Crippen LogP contribution in [0.1, 0.15) is 10.4 Å². The van der Waals surface area contributed by atoms with E-state index in [9.17, 15) is 4.79 Å². The number of carbonyl (C=O) groups is 1. The highest BCUT2D eigenvalue weighted by Gasteiger charge is 2.08. The van der Waals surface area contributed by atoms with Crippen molar-refractivity contribution in [2.45, 2.75) is 4.90 Å². The first kappa shape index (κ1) is 12.6. The number of carbonyl (C=O) groups excluding carboxylic acids is 1. The van der Waals surface area contributed by atoms with Crippen molar-refractivity contribution in [1.82, 2.24) is 5.32 Å². The molecule has 0 saturated heterocycles. The fourth-order valence-electron chi connectivity index (χ4n) is 0.968. The van der Waals surface area contributed by atoms with E-state index in [1.807, 2.05) is 0 Å². The third kappa shape index (κ3) is 3.89. The Morgan fingerprint density at radius 1 is 1.60 bits per heavy atom. The Hall–Kier alpha value is -0.450. The lowest BCUT2D eigenvalue weighted by Gasteiger charge is -2.06. The summed E-state index contributed by atoms with van der Waals surface area (Å²) < 4.78 is 0.880. The Balaban J connectivity index is 2.78. The molecule has 0 fully saturated rings. The maximum absolute atomic E-state index is 11.6. The minimum atomic E-state index is -0.214. The Morgan fingerprint density at radius 2 is 2.27 bits per heavy atom. The molecule has 2 nitrogen and oxygen atoms in total. The fraction of sp³-hybridized carbons (Fsp3) is 0.100. The van der Waals surface area contributed by atoms with Crippen molar-refractivity contribution in [2.75, 3.05) is 6.54 Å². The summed E-state index contributed by atoms with van der Waals surface area (Å²) >= 11 is 13.0. The first-order chi connectivity index (χ1) is 7.00. The van der Waals surface area contributed by atoms with Gasteiger partial charge in [-0.25, -0.2) is 0 Å². The summed E-state index contributed by atoms with van der Waals surface area (Å²) in [6, 6.07) is 5.23. The van der Waals surface area contributed by atoms with Crippen LogP contribution in [-0.2, 0) is 0 Å². The van der Waals surface area contributed by atoms with Gasteiger partial charge in [0.05, 0.1) is 12.1 Å². The number of amides is 1. The summed E-state index contributed by atoms with van der Waals surface area (Å²) in [7, 11) is 0. The zero-order valence-corrected chi connectivity index (χ0v) is 11.0. The van der Waals surface area contributed by atoms with Crippen LogP contribution in [0.3, 0.4) is 0 Å². The Labute approximate surface area is 107 Å². The van der Waals surface area contributed by atoms with Crippen molar-refractivity contribution in [2.24, 2.45) is 0 Å². The van der Waals surface area contributed by atoms with Gasteiger partial charge in [0, 0.05) is 14.4 Å². The van der Waals surface area contributed by atoms with Crippen LogP contribution in [0.15, 0.2) is 39.2 Å². The van der Waals surface area contributed by atoms with Gasteiger partial charge in [-0.15, -0.1) is 12.6 Å². The highest BCUT2D eigenvalue weighted by molar-refractivity contribution is 9.10. The van der Waals surface area contributed by atoms with Gasteiger partial charge in [-0.3, -0.25) is 4.79 Å². The molecule has 0 aliphatic carbocycles. The van der Waals surface area contributed by atoms with E-state index >= 15 is 0 Å². The summed E-state index contributed by atoms with van der Waals surface area (Å²) in [6.45, 7) is 3.74. The van der Waals surface area contributed by atoms with E-state index in [0.29, 0.717) is 15.5 Å². The van der Waals surface area contributed by atoms with Crippen LogP contribution in [0, 0.1) is 0 Å². The van der Waals surface area contributed by atoms with E-state index in [-0.39, 0.29) is 12.5 Å². The molecule has 0 aromatic heterocycles. The highest BCUT2D eigenvalue weighted by atomic mass is 79.9. The van der Waals surface area contributed by atoms with E-state index < -0.39 is 0 Å². The van der Waals surface area contributed by atoms with Crippen molar-refractivity contribution in [1.29, 1.82) is 0 Å². The molecule has 0 heterocycles. The van der Waals surface area contributed by atoms with Gasteiger partial charge in [0.15, 0.2) is 0 Å². The maximum Gasteiger partial charge on any atom is 0.252 e. The zero-order valence-electron chi connectivity index (χ0n) is 7.76. The molecule has 80 valence electrons. The second-order valence-corrected chi connectivity index (χ2v) is 4.79. The van der Waals surface area contributed by atoms with Crippen molar-refractivity contribution in [3.63, 3.8) is 0 Å². The van der Waals surface area contributed by atoms with Crippen LogP contribution in [0.5, 0.6) is 0 Å². The first-order valence-electron chi connectivity index (χ1n) is 4.10. The molecule has 0 radical (unpaired) electrons. The average Bonchev–Trinajstić information content (AvgIpc) is 2.14. The molecule has 0 saturated carbocycles. The lowest BCUT2D eigenvalue weighted by molar-refractivity contribution is 0.0955. The van der Waals surface area contributed by atoms with Crippen LogP contribution in [-0.4, -0.2) is 12.5 Å². The van der Waals surface area contributed by atoms with Crippen molar-refractivity contribution in [3.8, 4) is 0 Å². The predicted molar refractivity (Wildman–Crippen MR) is 68.7 cm³/mol. The molecular weight excluding hydrogens is 298 g/mol. The van der Waals surface area contributed by atoms with Gasteiger partial charge in [-0.2, -0.15) is 0 Å². The molecule has 0 spiro atoms. The molecule has 1 rings (SSSR count). The largest absolute Gasteiger partial charge is 0.347 e. The van der Waals surface area contributed by atoms with Crippen molar-refractivity contribution < 1.29 is 4.79 Å². The van der Waals surface area contributed by atoms with Gasteiger partial charge in [-0.05, 0) is 18.2 Å². The van der Waals surface area contributed by atoms with Crippen LogP contribution in [0.4, 0.5) is 0 Å². The second-order valence-electron chi connectivity index (χ2n) is 2.86. The van der Waals surface area contributed by atoms with E-state index in [4.69, 9.17) is 11.6 Å². The fourth-order valence-corrected chi connectivity index (χ4v) is 1.89. The highest BCUT2D eigenvalue weighted by Crippen LogP contribution is 2.19. The molecule has 0 aliphatic rings. The summed E-state index contributed by atoms with van der Waals surface area (Å²) in [5.74, 6) is -0.214. The molecule has 1 N–H and O–H groups in total. The monoisotopic (exact) mass is 305 g/mol. The van der Waals surface area contributed by atoms with Gasteiger partial charge < -0.3 is 5.32 Å². The summed E-state index contributed by atoms with van der Waals surface area (Å²) in [6.07, 6.45) is 0. The van der Waals surface area contributed by atoms with Crippen molar-refractivity contribution in [3.05, 3.63) is 39.8 Å². The first-order valence-corrected chi connectivity index (χ1v) is 5.72. The molecule has 15 heavy (non-hydrogen) atoms. The number of rotatable bonds is 3. The lowest BCUT2D eigenvalue weighted by atomic mass is 10.2. The summed E-state index contributed by atoms with van der Waals surface area (Å²) in [4.78, 5) is 12.2. The third-order valence-electron chi connectivity index (χ3n) is 1.65. The molecular formula is C10H9BrClNOS. The van der Waals surface area contributed by atoms with Gasteiger partial charge in [0.1, 0.15) is 0 Å². The van der Waals surface area contributed by atoms with Crippen molar-refractivity contribution >= 4 is 46.1 Å². The Kier molecular flexibility index (Phi) is 4.70. The zero-order chi connectivity index (χ0) is 11.4. The molecule has 0 unspecified atom stereocenters. The number of hydrogen-bond acceptors (Lipinski definition) is 2. The van der Waals surface area contributed by atoms with E-state index in [1.54, 1.807) is 18.2 Å². The molecule has 5 heteroatoms. The molecule has 1 aromatic rings. The topological polar surface area (TPSA) is 29.1 Å². The SMILES string of the molecule is C=C(Cl)CNC(=O)c1ccc(Br)cc1S. The van der Waals surface area contributed by atoms with Gasteiger partial charge >= 0.3 is 0 Å². The number of nitrogens with one attached hydrogen (secondary N) is 1. The summed E-state index contributed by atoms with van der Waals surface area (Å²) in [5.41, 5.74) is 0.513. The maximum atomic E-state index is 11.6. The Morgan fingerprint density at radius 3 is 2.80 bits per heavy atom. The number of hydrogen-bond donors (Lipinski definition) is 2. The van der Waals surface area contributed by atoms with E-state index in [1.165, 1.54) is 0 Å². The van der Waals surface area contributed by atoms with E-state index in [2.05, 4.69) is 40.5 Å². The number of benzene rings is 1. The average molecular weight is 307 g/mol. The van der Waals surface area contributed by atoms with Crippen LogP contribution in [0.25, 0.3) is 0 Å². The number of halogens is 2. The molecule has 1 amide bonds. The van der Waals surface area contributed by atoms with Gasteiger partial charge in [0.25, 0.3) is 5.91 Å². The normalized spacial score (nSPS) is 9.80. The minimum Gasteiger partial charge on any atom is -0.347 e. The number of thiol groups is 1. The second kappa shape index (κ2) is 5.58. The Bertz CT molecular complexity index is 408. The summed E-state index contributed by atoms with van der Waals surface area (Å²) in [5, 5.41) is 3.01. The van der Waals surface area contributed by atoms with E-state index in [0.717, 1.165) is 4.47 Å². The molecule has 0 atom stereocenters. The van der Waals surface area contributed by atoms with Gasteiger partial charge in [0.2, 0.25) is 0 Å². The van der Waals surface area contributed by atoms with Crippen LogP contribution < -0.4 is 5.32 Å². The predicted octanol–water partition coefficient (Wildman–Crippen LogP) is 3.22. The quantitative estimate of drug-likeness (QED) is 0.825. The third-order valence-corrected chi connectivity index (χ3v) is 2.64. The molecule has 0 bridgehead atoms. The standard InChI is InChI=1S/C10H9BrClNOS/c1-6(12)5-13-10(14)8-3-2-7(11)4-9(8)15/h2-4,15H,1,5H2,(H,13,14). The smallest absolute Gasteiger partial charge is 0.252 e. The van der Waals surface area contributed by atoms with Crippen LogP contribution in [0.2, 0.25) is 0 Å². The molecule has 1 aromatic carbocycles. The lowest BCUT2D eigenvalue weighted by Crippen LogP contribution is -2.24. The van der Waals surface area contributed by atoms with Crippen LogP contribution >= 0.6 is 40.2 Å². The van der Waals surface area contributed by atoms with Gasteiger partial charge in [-0.1, -0.05) is 34.1 Å². The minimum absolute atomic E-state index is 0.214. The molecule has 0 aliphatic heterocycles.